The first-order valence-electron chi connectivity index (χ1n) is 12.1. The molecule has 0 saturated carbocycles. The lowest BCUT2D eigenvalue weighted by Gasteiger charge is -2.23. The fourth-order valence-corrected chi connectivity index (χ4v) is 5.85. The van der Waals surface area contributed by atoms with Crippen molar-refractivity contribution in [2.24, 2.45) is 5.10 Å². The van der Waals surface area contributed by atoms with Crippen LogP contribution in [-0.4, -0.2) is 92.5 Å². The van der Waals surface area contributed by atoms with Gasteiger partial charge in [0.2, 0.25) is 0 Å². The zero-order valence-corrected chi connectivity index (χ0v) is 21.1. The molecule has 4 heterocycles. The van der Waals surface area contributed by atoms with Gasteiger partial charge in [0.1, 0.15) is 41.9 Å². The highest BCUT2D eigenvalue weighted by Crippen LogP contribution is 2.45. The highest BCUT2D eigenvalue weighted by Gasteiger charge is 2.29. The predicted molar refractivity (Wildman–Crippen MR) is 144 cm³/mol. The molecule has 0 amide bonds. The molecule has 4 aromatic heterocycles. The summed E-state index contributed by atoms with van der Waals surface area (Å²) < 4.78 is 1.63. The topological polar surface area (TPSA) is 195 Å². The maximum Gasteiger partial charge on any atom is 0.170 e. The van der Waals surface area contributed by atoms with E-state index in [0.717, 1.165) is 34.8 Å². The van der Waals surface area contributed by atoms with Crippen LogP contribution in [0, 0.1) is 0 Å². The Morgan fingerprint density at radius 3 is 2.69 bits per heavy atom. The number of rotatable bonds is 8. The number of anilines is 1. The molecular weight excluding hydrogens is 524 g/mol. The zero-order valence-electron chi connectivity index (χ0n) is 20.3. The van der Waals surface area contributed by atoms with E-state index in [1.54, 1.807) is 22.2 Å². The van der Waals surface area contributed by atoms with Gasteiger partial charge in [0.15, 0.2) is 17.3 Å². The molecule has 0 unspecified atom stereocenters. The summed E-state index contributed by atoms with van der Waals surface area (Å²) in [6.07, 6.45) is 0.485. The quantitative estimate of drug-likeness (QED) is 0.116. The van der Waals surface area contributed by atoms with Gasteiger partial charge in [-0.1, -0.05) is 24.3 Å². The Morgan fingerprint density at radius 1 is 1.03 bits per heavy atom. The van der Waals surface area contributed by atoms with Gasteiger partial charge in [0, 0.05) is 10.4 Å². The number of nitrogens with zero attached hydrogens (tertiary/aromatic N) is 7. The second kappa shape index (κ2) is 10.3. The van der Waals surface area contributed by atoms with Gasteiger partial charge in [-0.05, 0) is 24.0 Å². The summed E-state index contributed by atoms with van der Waals surface area (Å²) in [7, 11) is 0. The Bertz CT molecular complexity index is 1690. The minimum Gasteiger partial charge on any atom is -0.394 e. The molecule has 200 valence electrons. The Balaban J connectivity index is 1.35. The van der Waals surface area contributed by atoms with E-state index >= 15 is 0 Å². The Hall–Kier alpha value is -3.92. The van der Waals surface area contributed by atoms with Crippen LogP contribution in [0.3, 0.4) is 0 Å². The third-order valence-electron chi connectivity index (χ3n) is 6.69. The van der Waals surface area contributed by atoms with E-state index in [-0.39, 0.29) is 5.82 Å². The molecule has 1 aliphatic rings. The van der Waals surface area contributed by atoms with E-state index in [1.807, 2.05) is 12.1 Å². The normalized spacial score (nSPS) is 16.2. The zero-order chi connectivity index (χ0) is 27.1. The summed E-state index contributed by atoms with van der Waals surface area (Å²) in [6, 6.07) is 8.34. The van der Waals surface area contributed by atoms with Crippen molar-refractivity contribution in [1.82, 2.24) is 29.7 Å². The lowest BCUT2D eigenvalue weighted by atomic mass is 9.89. The third kappa shape index (κ3) is 4.42. The molecule has 39 heavy (non-hydrogen) atoms. The van der Waals surface area contributed by atoms with Gasteiger partial charge in [-0.3, -0.25) is 5.43 Å². The third-order valence-corrected chi connectivity index (χ3v) is 7.85. The summed E-state index contributed by atoms with van der Waals surface area (Å²) >= 11 is 1.66. The largest absolute Gasteiger partial charge is 0.394 e. The number of aliphatic hydroxyl groups is 5. The molecule has 0 radical (unpaired) electrons. The molecular formula is C25H24N8O5S. The Kier molecular flexibility index (Phi) is 6.72. The average Bonchev–Trinajstić information content (AvgIpc) is 3.58. The van der Waals surface area contributed by atoms with E-state index in [9.17, 15) is 20.4 Å². The monoisotopic (exact) mass is 548 g/mol. The van der Waals surface area contributed by atoms with Crippen LogP contribution < -0.4 is 5.43 Å². The number of hydrogen-bond acceptors (Lipinski definition) is 13. The maximum atomic E-state index is 10.1. The van der Waals surface area contributed by atoms with Crippen LogP contribution in [0.15, 0.2) is 48.2 Å². The smallest absolute Gasteiger partial charge is 0.170 e. The second-order valence-electron chi connectivity index (χ2n) is 9.06. The predicted octanol–water partition coefficient (Wildman–Crippen LogP) is 0.419. The van der Waals surface area contributed by atoms with Crippen molar-refractivity contribution < 1.29 is 25.5 Å². The molecule has 0 saturated heterocycles. The SMILES string of the molecule is OC[C@@H](O)[C@H](O)[C@@H](O)[C@H](O)/C=N/Nc1ncnc2c1cnn2-c1ncnc2sc3c(c12)-c1ccccc1CC3. The minimum absolute atomic E-state index is 0.281. The lowest BCUT2D eigenvalue weighted by Crippen LogP contribution is -2.46. The summed E-state index contributed by atoms with van der Waals surface area (Å²) in [5.74, 6) is 0.871. The molecule has 1 aliphatic carbocycles. The van der Waals surface area contributed by atoms with Crippen molar-refractivity contribution in [3.8, 4) is 16.9 Å². The number of benzene rings is 1. The number of fused-ring (bicyclic) bond motifs is 6. The minimum atomic E-state index is -1.77. The number of aliphatic hydroxyl groups excluding tert-OH is 5. The molecule has 14 heteroatoms. The standard InChI is InChI=1S/C25H24N8O5S/c34-9-16(36)21(38)20(37)15(35)8-30-32-22-14-7-31-33(23(14)27-10-26-22)24-19-18-13-4-2-1-3-12(13)5-6-17(18)39-25(19)29-11-28-24/h1-4,7-8,10-11,15-16,20-21,34-38H,5-6,9H2,(H,26,27,32)/b30-8+/t15-,16-,20+,21+/m1/s1. The highest BCUT2D eigenvalue weighted by molar-refractivity contribution is 7.19. The molecule has 6 rings (SSSR count). The molecule has 5 aromatic rings. The lowest BCUT2D eigenvalue weighted by molar-refractivity contribution is -0.0999. The first-order chi connectivity index (χ1) is 19.0. The summed E-state index contributed by atoms with van der Waals surface area (Å²) in [6.45, 7) is -0.775. The van der Waals surface area contributed by atoms with Crippen LogP contribution in [0.25, 0.3) is 38.2 Å². The van der Waals surface area contributed by atoms with E-state index in [1.165, 1.54) is 28.7 Å². The van der Waals surface area contributed by atoms with E-state index in [4.69, 9.17) is 5.11 Å². The van der Waals surface area contributed by atoms with Gasteiger partial charge in [0.05, 0.1) is 29.8 Å². The molecule has 0 fully saturated rings. The number of thiophene rings is 1. The average molecular weight is 549 g/mol. The van der Waals surface area contributed by atoms with Gasteiger partial charge < -0.3 is 25.5 Å². The van der Waals surface area contributed by atoms with Crippen LogP contribution in [-0.2, 0) is 12.8 Å². The summed E-state index contributed by atoms with van der Waals surface area (Å²) in [4.78, 5) is 19.9. The summed E-state index contributed by atoms with van der Waals surface area (Å²) in [5, 5.41) is 58.0. The first kappa shape index (κ1) is 25.4. The fraction of sp³-hybridized carbons (Fsp3) is 0.280. The Morgan fingerprint density at radius 2 is 1.85 bits per heavy atom. The van der Waals surface area contributed by atoms with Crippen molar-refractivity contribution in [1.29, 1.82) is 0 Å². The molecule has 13 nitrogen and oxygen atoms in total. The Labute approximate surface area is 224 Å². The molecule has 1 aromatic carbocycles. The van der Waals surface area contributed by atoms with E-state index in [2.05, 4.69) is 47.7 Å². The highest BCUT2D eigenvalue weighted by atomic mass is 32.1. The number of hydrogen-bond donors (Lipinski definition) is 6. The molecule has 0 spiro atoms. The van der Waals surface area contributed by atoms with Gasteiger partial charge in [-0.25, -0.2) is 19.9 Å². The van der Waals surface area contributed by atoms with Gasteiger partial charge in [0.25, 0.3) is 0 Å². The van der Waals surface area contributed by atoms with Gasteiger partial charge >= 0.3 is 0 Å². The number of nitrogens with one attached hydrogen (secondary N) is 1. The second-order valence-corrected chi connectivity index (χ2v) is 10.1. The molecule has 0 bridgehead atoms. The van der Waals surface area contributed by atoms with Crippen LogP contribution in [0.1, 0.15) is 10.4 Å². The number of hydrazone groups is 1. The fourth-order valence-electron chi connectivity index (χ4n) is 4.70. The van der Waals surface area contributed by atoms with Crippen LogP contribution >= 0.6 is 11.3 Å². The molecule has 0 aliphatic heterocycles. The number of aryl methyl sites for hydroxylation is 2. The molecule has 6 N–H and O–H groups in total. The van der Waals surface area contributed by atoms with Gasteiger partial charge in [-0.2, -0.15) is 14.9 Å². The van der Waals surface area contributed by atoms with E-state index < -0.39 is 31.0 Å². The molecule has 4 atom stereocenters. The van der Waals surface area contributed by atoms with Crippen molar-refractivity contribution in [3.05, 3.63) is 53.6 Å². The van der Waals surface area contributed by atoms with Crippen LogP contribution in [0.5, 0.6) is 0 Å². The van der Waals surface area contributed by atoms with Crippen molar-refractivity contribution in [2.45, 2.75) is 37.3 Å². The van der Waals surface area contributed by atoms with Crippen LogP contribution in [0.2, 0.25) is 0 Å². The van der Waals surface area contributed by atoms with Gasteiger partial charge in [-0.15, -0.1) is 11.3 Å². The summed E-state index contributed by atoms with van der Waals surface area (Å²) in [5.41, 5.74) is 6.72. The van der Waals surface area contributed by atoms with Crippen LogP contribution in [0.4, 0.5) is 5.82 Å². The van der Waals surface area contributed by atoms with Crippen molar-refractivity contribution in [3.63, 3.8) is 0 Å². The first-order valence-corrected chi connectivity index (χ1v) is 13.0. The van der Waals surface area contributed by atoms with Crippen molar-refractivity contribution >= 4 is 44.6 Å². The van der Waals surface area contributed by atoms with Crippen molar-refractivity contribution in [2.75, 3.05) is 12.0 Å². The van der Waals surface area contributed by atoms with E-state index in [0.29, 0.717) is 16.9 Å². The maximum absolute atomic E-state index is 10.1. The number of aromatic nitrogens is 6.